The summed E-state index contributed by atoms with van der Waals surface area (Å²) in [7, 11) is 0. The maximum Gasteiger partial charge on any atom is 0.245 e. The highest BCUT2D eigenvalue weighted by molar-refractivity contribution is 6.13. The molecule has 0 spiro atoms. The Balaban J connectivity index is 2.40. The van der Waals surface area contributed by atoms with Gasteiger partial charge in [-0.3, -0.25) is 14.6 Å². The molecule has 0 saturated carbocycles. The smallest absolute Gasteiger partial charge is 0.245 e. The second kappa shape index (κ2) is 7.01. The Kier molecular flexibility index (Phi) is 5.07. The molecule has 0 aliphatic carbocycles. The van der Waals surface area contributed by atoms with E-state index in [9.17, 15) is 14.9 Å². The van der Waals surface area contributed by atoms with Crippen molar-refractivity contribution in [3.63, 3.8) is 0 Å². The second-order valence-corrected chi connectivity index (χ2v) is 5.53. The van der Waals surface area contributed by atoms with E-state index in [2.05, 4.69) is 10.3 Å². The number of aryl methyl sites for hydroxylation is 2. The number of carbonyl (C=O) groups excluding carboxylic acids is 2. The molecule has 0 saturated heterocycles. The van der Waals surface area contributed by atoms with Gasteiger partial charge in [0, 0.05) is 23.2 Å². The van der Waals surface area contributed by atoms with Crippen molar-refractivity contribution in [1.29, 1.82) is 5.26 Å². The number of nitrogens with one attached hydrogen (secondary N) is 1. The normalized spacial score (nSPS) is 11.7. The van der Waals surface area contributed by atoms with E-state index >= 15 is 0 Å². The van der Waals surface area contributed by atoms with Crippen LogP contribution in [-0.2, 0) is 4.79 Å². The lowest BCUT2D eigenvalue weighted by molar-refractivity contribution is -0.122. The molecule has 2 rings (SSSR count). The van der Waals surface area contributed by atoms with Crippen LogP contribution in [0.15, 0.2) is 24.3 Å². The Labute approximate surface area is 135 Å². The van der Waals surface area contributed by atoms with Gasteiger partial charge in [0.15, 0.2) is 11.7 Å². The van der Waals surface area contributed by atoms with Crippen molar-refractivity contribution >= 4 is 22.6 Å². The molecule has 23 heavy (non-hydrogen) atoms. The van der Waals surface area contributed by atoms with E-state index in [1.54, 1.807) is 19.1 Å². The molecule has 5 nitrogen and oxygen atoms in total. The lowest BCUT2D eigenvalue weighted by Crippen LogP contribution is -2.35. The van der Waals surface area contributed by atoms with E-state index in [0.717, 1.165) is 22.9 Å². The molecule has 0 radical (unpaired) electrons. The number of Topliss-reactive ketones (excluding diaryl/α,β-unsaturated/α-hetero) is 1. The van der Waals surface area contributed by atoms with Crippen LogP contribution in [0.5, 0.6) is 0 Å². The number of nitrogens with zero attached hydrogens (tertiary/aromatic N) is 2. The van der Waals surface area contributed by atoms with Gasteiger partial charge >= 0.3 is 0 Å². The van der Waals surface area contributed by atoms with Crippen molar-refractivity contribution < 1.29 is 9.59 Å². The molecule has 0 aliphatic heterocycles. The van der Waals surface area contributed by atoms with Crippen molar-refractivity contribution in [2.24, 2.45) is 5.92 Å². The summed E-state index contributed by atoms with van der Waals surface area (Å²) in [5, 5.41) is 12.6. The van der Waals surface area contributed by atoms with Crippen molar-refractivity contribution in [1.82, 2.24) is 10.3 Å². The first kappa shape index (κ1) is 16.6. The Morgan fingerprint density at radius 1 is 1.30 bits per heavy atom. The van der Waals surface area contributed by atoms with Crippen LogP contribution in [0.3, 0.4) is 0 Å². The highest BCUT2D eigenvalue weighted by Gasteiger charge is 2.28. The molecule has 1 amide bonds. The summed E-state index contributed by atoms with van der Waals surface area (Å²) < 4.78 is 0. The number of aromatic nitrogens is 1. The molecule has 0 bridgehead atoms. The van der Waals surface area contributed by atoms with Crippen LogP contribution in [-0.4, -0.2) is 23.2 Å². The third-order valence-corrected chi connectivity index (χ3v) is 3.63. The van der Waals surface area contributed by atoms with Gasteiger partial charge in [-0.05, 0) is 38.0 Å². The standard InChI is InChI=1S/C18H19N3O2/c1-4-7-20-18(23)15(10-19)17(22)14-9-13-6-5-11(2)8-16(13)21-12(14)3/h5-6,8-9,15H,4,7H2,1-3H3,(H,20,23). The number of nitriles is 1. The fraction of sp³-hybridized carbons (Fsp3) is 0.333. The molecular formula is C18H19N3O2. The summed E-state index contributed by atoms with van der Waals surface area (Å²) in [6.07, 6.45) is 0.744. The summed E-state index contributed by atoms with van der Waals surface area (Å²) in [6.45, 7) is 6.04. The number of hydrogen-bond acceptors (Lipinski definition) is 4. The zero-order valence-electron chi connectivity index (χ0n) is 13.5. The van der Waals surface area contributed by atoms with Crippen molar-refractivity contribution in [2.75, 3.05) is 6.54 Å². The van der Waals surface area contributed by atoms with E-state index in [1.807, 2.05) is 32.0 Å². The molecule has 1 N–H and O–H groups in total. The minimum atomic E-state index is -1.34. The largest absolute Gasteiger partial charge is 0.355 e. The first-order chi connectivity index (χ1) is 11.0. The third kappa shape index (κ3) is 3.54. The molecule has 5 heteroatoms. The average molecular weight is 309 g/mol. The lowest BCUT2D eigenvalue weighted by Gasteiger charge is -2.11. The summed E-state index contributed by atoms with van der Waals surface area (Å²) >= 11 is 0. The number of pyridine rings is 1. The van der Waals surface area contributed by atoms with Crippen LogP contribution < -0.4 is 5.32 Å². The molecule has 1 aromatic carbocycles. The van der Waals surface area contributed by atoms with Crippen LogP contribution in [0.1, 0.15) is 35.0 Å². The van der Waals surface area contributed by atoms with Crippen LogP contribution in [0.25, 0.3) is 10.9 Å². The van der Waals surface area contributed by atoms with E-state index < -0.39 is 17.6 Å². The molecule has 0 fully saturated rings. The minimum absolute atomic E-state index is 0.319. The molecule has 1 heterocycles. The van der Waals surface area contributed by atoms with E-state index in [1.165, 1.54) is 0 Å². The summed E-state index contributed by atoms with van der Waals surface area (Å²) in [6, 6.07) is 9.26. The van der Waals surface area contributed by atoms with Gasteiger partial charge in [0.25, 0.3) is 0 Å². The third-order valence-electron chi connectivity index (χ3n) is 3.63. The fourth-order valence-corrected chi connectivity index (χ4v) is 2.36. The lowest BCUT2D eigenvalue weighted by atomic mass is 9.95. The minimum Gasteiger partial charge on any atom is -0.355 e. The van der Waals surface area contributed by atoms with Gasteiger partial charge in [-0.1, -0.05) is 19.1 Å². The Morgan fingerprint density at radius 2 is 2.04 bits per heavy atom. The van der Waals surface area contributed by atoms with Gasteiger partial charge in [-0.2, -0.15) is 5.26 Å². The van der Waals surface area contributed by atoms with E-state index in [4.69, 9.17) is 0 Å². The first-order valence-corrected chi connectivity index (χ1v) is 7.57. The molecule has 1 unspecified atom stereocenters. The molecule has 0 aliphatic rings. The number of fused-ring (bicyclic) bond motifs is 1. The van der Waals surface area contributed by atoms with Crippen molar-refractivity contribution in [3.8, 4) is 6.07 Å². The van der Waals surface area contributed by atoms with E-state index in [0.29, 0.717) is 17.8 Å². The zero-order valence-corrected chi connectivity index (χ0v) is 13.5. The van der Waals surface area contributed by atoms with Crippen molar-refractivity contribution in [3.05, 3.63) is 41.1 Å². The molecule has 1 aromatic heterocycles. The number of ketones is 1. The summed E-state index contributed by atoms with van der Waals surface area (Å²) in [5.74, 6) is -2.40. The number of rotatable bonds is 5. The maximum absolute atomic E-state index is 12.6. The predicted molar refractivity (Wildman–Crippen MR) is 88.0 cm³/mol. The van der Waals surface area contributed by atoms with Gasteiger partial charge in [0.1, 0.15) is 0 Å². The summed E-state index contributed by atoms with van der Waals surface area (Å²) in [4.78, 5) is 29.0. The molecule has 1 atom stereocenters. The zero-order chi connectivity index (χ0) is 17.0. The van der Waals surface area contributed by atoms with Crippen LogP contribution in [0, 0.1) is 31.1 Å². The molecule has 2 aromatic rings. The van der Waals surface area contributed by atoms with Crippen LogP contribution >= 0.6 is 0 Å². The fourth-order valence-electron chi connectivity index (χ4n) is 2.36. The summed E-state index contributed by atoms with van der Waals surface area (Å²) in [5.41, 5.74) is 2.72. The Hall–Kier alpha value is -2.74. The van der Waals surface area contributed by atoms with Gasteiger partial charge in [-0.25, -0.2) is 0 Å². The van der Waals surface area contributed by atoms with Gasteiger partial charge in [0.2, 0.25) is 5.91 Å². The topological polar surface area (TPSA) is 82.9 Å². The van der Waals surface area contributed by atoms with E-state index in [-0.39, 0.29) is 0 Å². The Bertz CT molecular complexity index is 806. The average Bonchev–Trinajstić information content (AvgIpc) is 2.52. The molecule has 118 valence electrons. The van der Waals surface area contributed by atoms with Gasteiger partial charge < -0.3 is 5.32 Å². The van der Waals surface area contributed by atoms with Crippen molar-refractivity contribution in [2.45, 2.75) is 27.2 Å². The predicted octanol–water partition coefficient (Wildman–Crippen LogP) is 2.70. The first-order valence-electron chi connectivity index (χ1n) is 7.57. The maximum atomic E-state index is 12.6. The van der Waals surface area contributed by atoms with Crippen LogP contribution in [0.2, 0.25) is 0 Å². The number of hydrogen-bond donors (Lipinski definition) is 1. The molecular weight excluding hydrogens is 290 g/mol. The number of carbonyl (C=O) groups is 2. The second-order valence-electron chi connectivity index (χ2n) is 5.53. The van der Waals surface area contributed by atoms with Crippen LogP contribution in [0.4, 0.5) is 0 Å². The number of amides is 1. The monoisotopic (exact) mass is 309 g/mol. The number of benzene rings is 1. The Morgan fingerprint density at radius 3 is 2.70 bits per heavy atom. The van der Waals surface area contributed by atoms with Gasteiger partial charge in [-0.15, -0.1) is 0 Å². The van der Waals surface area contributed by atoms with Gasteiger partial charge in [0.05, 0.1) is 11.6 Å². The quantitative estimate of drug-likeness (QED) is 0.680. The highest BCUT2D eigenvalue weighted by atomic mass is 16.2. The SMILES string of the molecule is CCCNC(=O)C(C#N)C(=O)c1cc2ccc(C)cc2nc1C. The highest BCUT2D eigenvalue weighted by Crippen LogP contribution is 2.20.